The summed E-state index contributed by atoms with van der Waals surface area (Å²) in [5.41, 5.74) is 0.399. The van der Waals surface area contributed by atoms with Crippen molar-refractivity contribution in [1.29, 1.82) is 0 Å². The lowest BCUT2D eigenvalue weighted by atomic mass is 10.2. The van der Waals surface area contributed by atoms with Crippen LogP contribution in [0, 0.1) is 18.6 Å². The highest BCUT2D eigenvalue weighted by molar-refractivity contribution is 7.99. The first-order valence-electron chi connectivity index (χ1n) is 9.67. The average Bonchev–Trinajstić information content (AvgIpc) is 2.79. The van der Waals surface area contributed by atoms with Crippen molar-refractivity contribution in [2.24, 2.45) is 10.2 Å². The highest BCUT2D eigenvalue weighted by atomic mass is 35.5. The summed E-state index contributed by atoms with van der Waals surface area (Å²) in [6, 6.07) is 13.3. The molecular formula is C23H18ClF2N3O3S. The van der Waals surface area contributed by atoms with E-state index in [0.29, 0.717) is 0 Å². The molecule has 33 heavy (non-hydrogen) atoms. The van der Waals surface area contributed by atoms with Crippen LogP contribution < -0.4 is 0 Å². The third-order valence-corrected chi connectivity index (χ3v) is 5.45. The van der Waals surface area contributed by atoms with Crippen LogP contribution in [0.3, 0.4) is 0 Å². The van der Waals surface area contributed by atoms with Crippen LogP contribution in [0.5, 0.6) is 0 Å². The molecule has 2 aromatic carbocycles. The number of aromatic nitrogens is 1. The molecule has 3 aromatic rings. The van der Waals surface area contributed by atoms with E-state index in [4.69, 9.17) is 16.3 Å². The Hall–Kier alpha value is -3.30. The van der Waals surface area contributed by atoms with Crippen LogP contribution in [-0.4, -0.2) is 22.7 Å². The van der Waals surface area contributed by atoms with Crippen molar-refractivity contribution in [1.82, 2.24) is 4.98 Å². The van der Waals surface area contributed by atoms with Gasteiger partial charge in [-0.2, -0.15) is 5.11 Å². The minimum atomic E-state index is -1.00. The normalized spacial score (nSPS) is 12.0. The maximum Gasteiger partial charge on any atom is 0.362 e. The number of carbonyl (C=O) groups is 1. The quantitative estimate of drug-likeness (QED) is 0.126. The maximum absolute atomic E-state index is 14.8. The van der Waals surface area contributed by atoms with Gasteiger partial charge in [-0.3, -0.25) is 0 Å². The van der Waals surface area contributed by atoms with E-state index in [0.717, 1.165) is 40.4 Å². The van der Waals surface area contributed by atoms with Crippen molar-refractivity contribution in [3.05, 3.63) is 88.2 Å². The molecule has 0 atom stereocenters. The molecule has 0 spiro atoms. The van der Waals surface area contributed by atoms with Crippen LogP contribution in [0.15, 0.2) is 80.4 Å². The van der Waals surface area contributed by atoms with Crippen LogP contribution in [0.2, 0.25) is 5.15 Å². The smallest absolute Gasteiger partial charge is 0.362 e. The number of rotatable bonds is 7. The van der Waals surface area contributed by atoms with E-state index in [1.807, 2.05) is 31.2 Å². The minimum Gasteiger partial charge on any atom is -0.505 e. The van der Waals surface area contributed by atoms with Gasteiger partial charge in [-0.15, -0.1) is 5.11 Å². The summed E-state index contributed by atoms with van der Waals surface area (Å²) in [4.78, 5) is 17.1. The molecule has 1 heterocycles. The van der Waals surface area contributed by atoms with E-state index in [1.54, 1.807) is 6.92 Å². The van der Waals surface area contributed by atoms with Crippen molar-refractivity contribution in [3.8, 4) is 0 Å². The summed E-state index contributed by atoms with van der Waals surface area (Å²) in [7, 11) is 0. The van der Waals surface area contributed by atoms with Gasteiger partial charge in [0.1, 0.15) is 16.0 Å². The number of pyridine rings is 1. The van der Waals surface area contributed by atoms with E-state index in [-0.39, 0.29) is 28.0 Å². The van der Waals surface area contributed by atoms with E-state index in [9.17, 15) is 18.7 Å². The lowest BCUT2D eigenvalue weighted by Gasteiger charge is -2.10. The number of aryl methyl sites for hydroxylation is 1. The van der Waals surface area contributed by atoms with Gasteiger partial charge >= 0.3 is 5.97 Å². The van der Waals surface area contributed by atoms with Crippen LogP contribution in [0.25, 0.3) is 5.76 Å². The van der Waals surface area contributed by atoms with Gasteiger partial charge in [-0.25, -0.2) is 18.6 Å². The molecule has 0 saturated carbocycles. The summed E-state index contributed by atoms with van der Waals surface area (Å²) in [6.45, 7) is 3.49. The molecule has 0 unspecified atom stereocenters. The summed E-state index contributed by atoms with van der Waals surface area (Å²) >= 11 is 7.25. The number of hydrogen-bond acceptors (Lipinski definition) is 7. The van der Waals surface area contributed by atoms with Crippen LogP contribution in [0.4, 0.5) is 14.5 Å². The zero-order chi connectivity index (χ0) is 24.0. The number of halogens is 3. The molecule has 3 rings (SSSR count). The molecule has 0 saturated heterocycles. The van der Waals surface area contributed by atoms with E-state index in [1.165, 1.54) is 12.1 Å². The number of esters is 1. The molecule has 0 radical (unpaired) electrons. The molecule has 10 heteroatoms. The Labute approximate surface area is 198 Å². The first-order valence-corrected chi connectivity index (χ1v) is 10.9. The van der Waals surface area contributed by atoms with Gasteiger partial charge in [0.25, 0.3) is 0 Å². The number of aliphatic hydroxyl groups is 1. The third kappa shape index (κ3) is 6.36. The number of benzene rings is 2. The second kappa shape index (κ2) is 11.0. The van der Waals surface area contributed by atoms with Gasteiger partial charge in [0.15, 0.2) is 11.6 Å². The number of ether oxygens (including phenoxy) is 1. The van der Waals surface area contributed by atoms with Crippen LogP contribution in [-0.2, 0) is 9.53 Å². The first-order chi connectivity index (χ1) is 15.8. The standard InChI is InChI=1S/C23H18ClF2N3O3S/c1-3-32-23(31)19(29-28-15-8-6-14(25)7-9-15)20(30)17-12-18(26)22(27-21(17)24)33-16-10-4-13(2)5-11-16/h4-12,30H,3H2,1-2H3/b20-19+,29-28?. The lowest BCUT2D eigenvalue weighted by Crippen LogP contribution is -2.09. The second-order valence-corrected chi connectivity index (χ2v) is 8.04. The van der Waals surface area contributed by atoms with Gasteiger partial charge in [0.2, 0.25) is 5.70 Å². The summed E-state index contributed by atoms with van der Waals surface area (Å²) in [5, 5.41) is 18.0. The average molecular weight is 490 g/mol. The highest BCUT2D eigenvalue weighted by Gasteiger charge is 2.23. The van der Waals surface area contributed by atoms with E-state index in [2.05, 4.69) is 15.2 Å². The van der Waals surface area contributed by atoms with Crippen LogP contribution in [0.1, 0.15) is 18.1 Å². The SMILES string of the molecule is CCOC(=O)/C(N=Nc1ccc(F)cc1)=C(\O)c1cc(F)c(Sc2ccc(C)cc2)nc1Cl. The van der Waals surface area contributed by atoms with E-state index >= 15 is 0 Å². The predicted octanol–water partition coefficient (Wildman–Crippen LogP) is 7.05. The zero-order valence-electron chi connectivity index (χ0n) is 17.6. The summed E-state index contributed by atoms with van der Waals surface area (Å²) in [6.07, 6.45) is 0. The van der Waals surface area contributed by atoms with E-state index < -0.39 is 29.1 Å². The monoisotopic (exact) mass is 489 g/mol. The molecule has 1 aromatic heterocycles. The molecular weight excluding hydrogens is 472 g/mol. The van der Waals surface area contributed by atoms with Gasteiger partial charge in [0, 0.05) is 4.90 Å². The molecule has 0 fully saturated rings. The molecule has 0 amide bonds. The van der Waals surface area contributed by atoms with Gasteiger partial charge in [-0.05, 0) is 56.3 Å². The molecule has 0 bridgehead atoms. The molecule has 0 aliphatic rings. The molecule has 1 N–H and O–H groups in total. The Morgan fingerprint density at radius 1 is 1.15 bits per heavy atom. The maximum atomic E-state index is 14.8. The number of nitrogens with zero attached hydrogens (tertiary/aromatic N) is 3. The van der Waals surface area contributed by atoms with Crippen molar-refractivity contribution in [2.75, 3.05) is 6.61 Å². The molecule has 170 valence electrons. The molecule has 0 aliphatic heterocycles. The first kappa shape index (κ1) is 24.3. The minimum absolute atomic E-state index is 0.00580. The zero-order valence-corrected chi connectivity index (χ0v) is 19.1. The summed E-state index contributed by atoms with van der Waals surface area (Å²) < 4.78 is 32.8. The van der Waals surface area contributed by atoms with Gasteiger partial charge < -0.3 is 9.84 Å². The fraction of sp³-hybridized carbons (Fsp3) is 0.130. The number of azo groups is 1. The Kier molecular flexibility index (Phi) is 8.13. The number of aliphatic hydroxyl groups excluding tert-OH is 1. The predicted molar refractivity (Wildman–Crippen MR) is 122 cm³/mol. The number of carbonyl (C=O) groups excluding carboxylic acids is 1. The fourth-order valence-corrected chi connectivity index (χ4v) is 3.60. The largest absolute Gasteiger partial charge is 0.505 e. The van der Waals surface area contributed by atoms with Crippen molar-refractivity contribution in [2.45, 2.75) is 23.8 Å². The number of hydrogen-bond donors (Lipinski definition) is 1. The van der Waals surface area contributed by atoms with Crippen molar-refractivity contribution in [3.63, 3.8) is 0 Å². The van der Waals surface area contributed by atoms with Gasteiger partial charge in [0.05, 0.1) is 17.9 Å². The summed E-state index contributed by atoms with van der Waals surface area (Å²) in [5.74, 6) is -3.00. The molecule has 0 aliphatic carbocycles. The Morgan fingerprint density at radius 2 is 1.82 bits per heavy atom. The topological polar surface area (TPSA) is 84.1 Å². The highest BCUT2D eigenvalue weighted by Crippen LogP contribution is 2.33. The Bertz CT molecular complexity index is 1220. The Balaban J connectivity index is 1.98. The van der Waals surface area contributed by atoms with Crippen LogP contribution >= 0.6 is 23.4 Å². The molecule has 6 nitrogen and oxygen atoms in total. The van der Waals surface area contributed by atoms with Crippen molar-refractivity contribution < 1.29 is 23.4 Å². The third-order valence-electron chi connectivity index (χ3n) is 4.17. The van der Waals surface area contributed by atoms with Crippen molar-refractivity contribution >= 4 is 40.8 Å². The fourth-order valence-electron chi connectivity index (χ4n) is 2.53. The van der Waals surface area contributed by atoms with Gasteiger partial charge in [-0.1, -0.05) is 41.1 Å². The lowest BCUT2D eigenvalue weighted by molar-refractivity contribution is -0.138. The Morgan fingerprint density at radius 3 is 2.45 bits per heavy atom. The second-order valence-electron chi connectivity index (χ2n) is 6.62.